The van der Waals surface area contributed by atoms with Crippen LogP contribution in [0.5, 0.6) is 5.75 Å². The number of methoxy groups -OCH3 is 1. The summed E-state index contributed by atoms with van der Waals surface area (Å²) in [5, 5.41) is 6.60. The molecule has 0 aliphatic carbocycles. The number of ether oxygens (including phenoxy) is 2. The lowest BCUT2D eigenvalue weighted by Gasteiger charge is -2.25. The molecule has 4 nitrogen and oxygen atoms in total. The Morgan fingerprint density at radius 3 is 3.25 bits per heavy atom. The minimum absolute atomic E-state index is 0.216. The first-order valence-corrected chi connectivity index (χ1v) is 7.62. The van der Waals surface area contributed by atoms with Gasteiger partial charge in [0.25, 0.3) is 0 Å². The van der Waals surface area contributed by atoms with Crippen molar-refractivity contribution in [2.75, 3.05) is 25.6 Å². The van der Waals surface area contributed by atoms with Crippen molar-refractivity contribution in [3.8, 4) is 17.0 Å². The van der Waals surface area contributed by atoms with Gasteiger partial charge in [-0.2, -0.15) is 0 Å². The quantitative estimate of drug-likeness (QED) is 0.939. The van der Waals surface area contributed by atoms with Gasteiger partial charge in [-0.1, -0.05) is 0 Å². The number of aromatic nitrogens is 1. The summed E-state index contributed by atoms with van der Waals surface area (Å²) in [6.07, 6.45) is 1.08. The highest BCUT2D eigenvalue weighted by atomic mass is 32.1. The number of nitrogens with zero attached hydrogens (tertiary/aromatic N) is 1. The third kappa shape index (κ3) is 2.78. The number of hydrogen-bond donors (Lipinski definition) is 1. The third-order valence-corrected chi connectivity index (χ3v) is 4.16. The summed E-state index contributed by atoms with van der Waals surface area (Å²) in [6.45, 7) is 3.61. The van der Waals surface area contributed by atoms with Crippen LogP contribution in [0.25, 0.3) is 11.3 Å². The lowest BCUT2D eigenvalue weighted by molar-refractivity contribution is 0.202. The van der Waals surface area contributed by atoms with Gasteiger partial charge < -0.3 is 14.8 Å². The molecule has 2 aromatic rings. The molecule has 1 aromatic carbocycles. The van der Waals surface area contributed by atoms with Crippen LogP contribution in [0.3, 0.4) is 0 Å². The number of thiazole rings is 1. The summed E-state index contributed by atoms with van der Waals surface area (Å²) in [5.41, 5.74) is 3.19. The van der Waals surface area contributed by atoms with E-state index in [0.29, 0.717) is 6.61 Å². The van der Waals surface area contributed by atoms with Crippen LogP contribution in [0.15, 0.2) is 23.6 Å². The van der Waals surface area contributed by atoms with E-state index in [9.17, 15) is 0 Å². The van der Waals surface area contributed by atoms with E-state index < -0.39 is 0 Å². The molecule has 1 aliphatic rings. The van der Waals surface area contributed by atoms with E-state index in [-0.39, 0.29) is 6.10 Å². The molecule has 3 rings (SSSR count). The molecule has 5 heteroatoms. The highest BCUT2D eigenvalue weighted by molar-refractivity contribution is 7.09. The summed E-state index contributed by atoms with van der Waals surface area (Å²) in [5.74, 6) is 0.919. The number of anilines is 1. The minimum Gasteiger partial charge on any atom is -0.487 e. The van der Waals surface area contributed by atoms with Crippen molar-refractivity contribution in [1.82, 2.24) is 4.98 Å². The Morgan fingerprint density at radius 2 is 2.40 bits per heavy atom. The smallest absolute Gasteiger partial charge is 0.142 e. The van der Waals surface area contributed by atoms with Gasteiger partial charge in [0.1, 0.15) is 11.9 Å². The first-order chi connectivity index (χ1) is 9.76. The molecule has 1 aromatic heterocycles. The maximum Gasteiger partial charge on any atom is 0.142 e. The van der Waals surface area contributed by atoms with Crippen molar-refractivity contribution in [3.63, 3.8) is 0 Å². The summed E-state index contributed by atoms with van der Waals surface area (Å²) < 4.78 is 10.9. The maximum atomic E-state index is 5.78. The topological polar surface area (TPSA) is 43.4 Å². The van der Waals surface area contributed by atoms with Crippen molar-refractivity contribution in [3.05, 3.63) is 28.6 Å². The molecule has 0 bridgehead atoms. The predicted octanol–water partition coefficient (Wildman–Crippen LogP) is 3.19. The van der Waals surface area contributed by atoms with E-state index in [4.69, 9.17) is 9.47 Å². The molecule has 1 N–H and O–H groups in total. The summed E-state index contributed by atoms with van der Waals surface area (Å²) in [6, 6.07) is 6.19. The Hall–Kier alpha value is -1.59. The van der Waals surface area contributed by atoms with Crippen molar-refractivity contribution < 1.29 is 9.47 Å². The van der Waals surface area contributed by atoms with E-state index in [1.54, 1.807) is 18.4 Å². The standard InChI is InChI=1S/C15H18N2O2S/c1-10-8-16-12-7-11(3-4-14(12)19-10)13-9-20-15(17-13)5-6-18-2/h3-4,7,9-10,16H,5-6,8H2,1-2H3. The fraction of sp³-hybridized carbons (Fsp3) is 0.400. The SMILES string of the molecule is COCCc1nc(-c2ccc3c(c2)NCC(C)O3)cs1. The highest BCUT2D eigenvalue weighted by Crippen LogP contribution is 2.33. The number of fused-ring (bicyclic) bond motifs is 1. The first kappa shape index (κ1) is 13.4. The molecule has 0 saturated carbocycles. The van der Waals surface area contributed by atoms with Gasteiger partial charge in [0.05, 0.1) is 29.5 Å². The molecular formula is C15H18N2O2S. The van der Waals surface area contributed by atoms with Crippen LogP contribution >= 0.6 is 11.3 Å². The molecule has 1 aliphatic heterocycles. The second-order valence-electron chi connectivity index (χ2n) is 4.89. The normalized spacial score (nSPS) is 17.2. The monoisotopic (exact) mass is 290 g/mol. The highest BCUT2D eigenvalue weighted by Gasteiger charge is 2.16. The molecule has 0 radical (unpaired) electrons. The number of hydrogen-bond acceptors (Lipinski definition) is 5. The Kier molecular flexibility index (Phi) is 3.89. The number of benzene rings is 1. The molecule has 106 valence electrons. The van der Waals surface area contributed by atoms with Crippen LogP contribution in [0, 0.1) is 0 Å². The predicted molar refractivity (Wildman–Crippen MR) is 81.7 cm³/mol. The van der Waals surface area contributed by atoms with E-state index >= 15 is 0 Å². The molecule has 0 spiro atoms. The maximum absolute atomic E-state index is 5.78. The van der Waals surface area contributed by atoms with Crippen molar-refractivity contribution in [2.45, 2.75) is 19.4 Å². The van der Waals surface area contributed by atoms with Crippen LogP contribution in [-0.4, -0.2) is 31.3 Å². The minimum atomic E-state index is 0.216. The van der Waals surface area contributed by atoms with Crippen LogP contribution in [0.1, 0.15) is 11.9 Å². The van der Waals surface area contributed by atoms with E-state index in [2.05, 4.69) is 34.7 Å². The van der Waals surface area contributed by atoms with Gasteiger partial charge in [0.2, 0.25) is 0 Å². The summed E-state index contributed by atoms with van der Waals surface area (Å²) in [7, 11) is 1.71. The zero-order valence-electron chi connectivity index (χ0n) is 11.7. The third-order valence-electron chi connectivity index (χ3n) is 3.26. The van der Waals surface area contributed by atoms with Gasteiger partial charge in [-0.25, -0.2) is 4.98 Å². The Morgan fingerprint density at radius 1 is 1.50 bits per heavy atom. The number of rotatable bonds is 4. The molecule has 20 heavy (non-hydrogen) atoms. The molecule has 2 heterocycles. The second-order valence-corrected chi connectivity index (χ2v) is 5.83. The van der Waals surface area contributed by atoms with Crippen molar-refractivity contribution in [2.24, 2.45) is 0 Å². The summed E-state index contributed by atoms with van der Waals surface area (Å²) in [4.78, 5) is 4.65. The largest absolute Gasteiger partial charge is 0.487 e. The average Bonchev–Trinajstić information content (AvgIpc) is 2.93. The van der Waals surface area contributed by atoms with E-state index in [1.807, 2.05) is 6.07 Å². The Labute approximate surface area is 122 Å². The fourth-order valence-electron chi connectivity index (χ4n) is 2.19. The van der Waals surface area contributed by atoms with E-state index in [1.165, 1.54) is 0 Å². The van der Waals surface area contributed by atoms with Gasteiger partial charge in [0.15, 0.2) is 0 Å². The fourth-order valence-corrected chi connectivity index (χ4v) is 2.98. The Balaban J connectivity index is 1.82. The van der Waals surface area contributed by atoms with Crippen LogP contribution in [0.4, 0.5) is 5.69 Å². The summed E-state index contributed by atoms with van der Waals surface area (Å²) >= 11 is 1.68. The molecule has 1 unspecified atom stereocenters. The number of nitrogens with one attached hydrogen (secondary N) is 1. The lowest BCUT2D eigenvalue weighted by Crippen LogP contribution is -2.27. The van der Waals surface area contributed by atoms with Crippen molar-refractivity contribution in [1.29, 1.82) is 0 Å². The van der Waals surface area contributed by atoms with Crippen molar-refractivity contribution >= 4 is 17.0 Å². The molecule has 1 atom stereocenters. The zero-order valence-corrected chi connectivity index (χ0v) is 12.5. The van der Waals surface area contributed by atoms with Gasteiger partial charge in [0, 0.05) is 24.5 Å². The van der Waals surface area contributed by atoms with Gasteiger partial charge in [-0.05, 0) is 25.1 Å². The molecule has 0 amide bonds. The first-order valence-electron chi connectivity index (χ1n) is 6.74. The molecule has 0 fully saturated rings. The van der Waals surface area contributed by atoms with Crippen LogP contribution in [0.2, 0.25) is 0 Å². The van der Waals surface area contributed by atoms with Crippen LogP contribution < -0.4 is 10.1 Å². The van der Waals surface area contributed by atoms with Gasteiger partial charge in [-0.3, -0.25) is 0 Å². The average molecular weight is 290 g/mol. The molecular weight excluding hydrogens is 272 g/mol. The second kappa shape index (κ2) is 5.81. The van der Waals surface area contributed by atoms with Gasteiger partial charge >= 0.3 is 0 Å². The lowest BCUT2D eigenvalue weighted by atomic mass is 10.1. The Bertz CT molecular complexity index is 597. The van der Waals surface area contributed by atoms with Gasteiger partial charge in [-0.15, -0.1) is 11.3 Å². The van der Waals surface area contributed by atoms with E-state index in [0.717, 1.165) is 40.7 Å². The zero-order chi connectivity index (χ0) is 13.9. The van der Waals surface area contributed by atoms with Crippen LogP contribution in [-0.2, 0) is 11.2 Å². The molecule has 0 saturated heterocycles.